The van der Waals surface area contributed by atoms with Crippen molar-refractivity contribution in [2.75, 3.05) is 0 Å². The standard InChI is InChI=1S/C52H44Si3/c1-53(2,3)18-21-16-29-27-13-12-24-23-10-11-25-26-14-15-28-30-17-22(19-54(4,5)6)32-31(21)40-38(29)43-36(27)35(24)41-33(23)34(25)42-37(26)39(28)51-49-46(42)44(41)45(43)47(49)48(40)50(32)52(30,51)20-55(7,8)9/h10-17,21-22,31H,18-20H2,1-9H3. The highest BCUT2D eigenvalue weighted by molar-refractivity contribution is 6.78. The van der Waals surface area contributed by atoms with Gasteiger partial charge in [0.05, 0.1) is 0 Å². The average Bonchev–Trinajstić information content (AvgIpc) is 3.90. The van der Waals surface area contributed by atoms with E-state index in [1.54, 1.807) is 119 Å². The lowest BCUT2D eigenvalue weighted by molar-refractivity contribution is 0.586. The lowest BCUT2D eigenvalue weighted by Crippen LogP contribution is -2.40. The second-order valence-corrected chi connectivity index (χ2v) is 39.7. The van der Waals surface area contributed by atoms with Gasteiger partial charge in [-0.15, -0.1) is 0 Å². The van der Waals surface area contributed by atoms with E-state index in [-0.39, 0.29) is 5.41 Å². The van der Waals surface area contributed by atoms with Crippen molar-refractivity contribution in [3.8, 4) is 0 Å². The van der Waals surface area contributed by atoms with Crippen molar-refractivity contribution in [3.63, 3.8) is 0 Å². The molecule has 3 heteroatoms. The normalized spacial score (nSPS) is 24.7. The van der Waals surface area contributed by atoms with Crippen LogP contribution in [0.15, 0.2) is 48.0 Å². The Balaban J connectivity index is 1.30. The Hall–Kier alpha value is -4.03. The van der Waals surface area contributed by atoms with Gasteiger partial charge < -0.3 is 0 Å². The summed E-state index contributed by atoms with van der Waals surface area (Å²) in [5.41, 5.74) is 12.4. The highest BCUT2D eigenvalue weighted by Gasteiger charge is 2.61. The molecule has 0 heterocycles. The molecule has 0 radical (unpaired) electrons. The van der Waals surface area contributed by atoms with Gasteiger partial charge in [0.25, 0.3) is 0 Å². The Labute approximate surface area is 323 Å². The zero-order valence-electron chi connectivity index (χ0n) is 33.5. The van der Waals surface area contributed by atoms with Gasteiger partial charge in [-0.05, 0) is 170 Å². The van der Waals surface area contributed by atoms with Gasteiger partial charge in [-0.25, -0.2) is 0 Å². The molecule has 55 heavy (non-hydrogen) atoms. The van der Waals surface area contributed by atoms with E-state index in [0.717, 1.165) is 0 Å². The molecule has 0 saturated carbocycles. The molecule has 11 aromatic carbocycles. The van der Waals surface area contributed by atoms with Crippen LogP contribution in [0.2, 0.25) is 77.1 Å². The van der Waals surface area contributed by atoms with E-state index < -0.39 is 24.2 Å². The zero-order valence-corrected chi connectivity index (χ0v) is 36.5. The van der Waals surface area contributed by atoms with E-state index in [1.807, 2.05) is 11.1 Å². The molecule has 0 spiro atoms. The minimum atomic E-state index is -1.63. The van der Waals surface area contributed by atoms with Crippen LogP contribution in [0.5, 0.6) is 0 Å². The molecule has 4 unspecified atom stereocenters. The fraction of sp³-hybridized carbons (Fsp3) is 0.308. The first-order chi connectivity index (χ1) is 26.2. The number of rotatable bonds is 6. The summed E-state index contributed by atoms with van der Waals surface area (Å²) < 4.78 is 0. The third-order valence-electron chi connectivity index (χ3n) is 16.4. The van der Waals surface area contributed by atoms with Crippen molar-refractivity contribution in [1.82, 2.24) is 0 Å². The first-order valence-corrected chi connectivity index (χ1v) is 32.5. The highest BCUT2D eigenvalue weighted by Crippen LogP contribution is 2.77. The van der Waals surface area contributed by atoms with E-state index in [0.29, 0.717) is 17.8 Å². The minimum Gasteiger partial charge on any atom is -0.0725 e. The molecule has 0 fully saturated rings. The predicted octanol–water partition coefficient (Wildman–Crippen LogP) is 14.6. The molecule has 0 aromatic heterocycles. The third-order valence-corrected chi connectivity index (χ3v) is 21.3. The van der Waals surface area contributed by atoms with Crippen LogP contribution in [0, 0.1) is 11.8 Å². The summed E-state index contributed by atoms with van der Waals surface area (Å²) in [6.45, 7) is 24.0. The van der Waals surface area contributed by atoms with Crippen molar-refractivity contribution < 1.29 is 0 Å². The van der Waals surface area contributed by atoms with Gasteiger partial charge in [-0.3, -0.25) is 0 Å². The maximum Gasteiger partial charge on any atom is 0.0458 e. The largest absolute Gasteiger partial charge is 0.0725 e. The second kappa shape index (κ2) is 7.80. The highest BCUT2D eigenvalue weighted by atomic mass is 28.3. The topological polar surface area (TPSA) is 0 Å². The smallest absolute Gasteiger partial charge is 0.0458 e. The summed E-state index contributed by atoms with van der Waals surface area (Å²) >= 11 is 0. The van der Waals surface area contributed by atoms with Crippen LogP contribution < -0.4 is 5.22 Å². The molecule has 11 aromatic rings. The molecular formula is C52H44Si3. The summed E-state index contributed by atoms with van der Waals surface area (Å²) in [6.07, 6.45) is 5.87. The molecule has 0 N–H and O–H groups in total. The first kappa shape index (κ1) is 29.2. The van der Waals surface area contributed by atoms with Crippen molar-refractivity contribution >= 4 is 149 Å². The van der Waals surface area contributed by atoms with Crippen molar-refractivity contribution in [3.05, 3.63) is 75.5 Å². The van der Waals surface area contributed by atoms with Gasteiger partial charge in [0.15, 0.2) is 0 Å². The lowest BCUT2D eigenvalue weighted by atomic mass is 9.61. The number of hydrogen-bond donors (Lipinski definition) is 0. The van der Waals surface area contributed by atoms with Crippen LogP contribution in [-0.4, -0.2) is 24.2 Å². The summed E-state index contributed by atoms with van der Waals surface area (Å²) in [7, 11) is -4.52. The van der Waals surface area contributed by atoms with Crippen LogP contribution in [0.25, 0.3) is 125 Å². The van der Waals surface area contributed by atoms with Crippen LogP contribution in [0.1, 0.15) is 28.2 Å². The molecule has 0 aliphatic heterocycles. The van der Waals surface area contributed by atoms with Crippen LogP contribution in [0.3, 0.4) is 0 Å². The Morgan fingerprint density at radius 2 is 1.02 bits per heavy atom. The molecule has 264 valence electrons. The Morgan fingerprint density at radius 1 is 0.491 bits per heavy atom. The molecule has 0 saturated heterocycles. The number of fused-ring (bicyclic) bond motifs is 5. The first-order valence-electron chi connectivity index (χ1n) is 21.4. The van der Waals surface area contributed by atoms with E-state index >= 15 is 0 Å². The van der Waals surface area contributed by atoms with Crippen LogP contribution in [-0.2, 0) is 5.41 Å². The van der Waals surface area contributed by atoms with Gasteiger partial charge in [0, 0.05) is 35.6 Å². The number of hydrogen-bond acceptors (Lipinski definition) is 0. The number of allylic oxidation sites excluding steroid dienone is 4. The third kappa shape index (κ3) is 2.63. The molecule has 5 aliphatic rings. The van der Waals surface area contributed by atoms with E-state index in [9.17, 15) is 0 Å². The molecule has 5 aliphatic carbocycles. The summed E-state index contributed by atoms with van der Waals surface area (Å²) in [4.78, 5) is 0. The van der Waals surface area contributed by atoms with Crippen LogP contribution >= 0.6 is 0 Å². The molecule has 0 amide bonds. The van der Waals surface area contributed by atoms with Gasteiger partial charge in [-0.1, -0.05) is 119 Å². The molecule has 16 rings (SSSR count). The van der Waals surface area contributed by atoms with E-state index in [4.69, 9.17) is 0 Å². The summed E-state index contributed by atoms with van der Waals surface area (Å²) in [5.74, 6) is 1.59. The molecule has 0 bridgehead atoms. The minimum absolute atomic E-state index is 0.0418. The fourth-order valence-corrected chi connectivity index (χ4v) is 21.4. The Bertz CT molecular complexity index is 3790. The van der Waals surface area contributed by atoms with Crippen molar-refractivity contribution in [2.24, 2.45) is 11.8 Å². The van der Waals surface area contributed by atoms with Gasteiger partial charge in [0.2, 0.25) is 0 Å². The molecule has 4 atom stereocenters. The van der Waals surface area contributed by atoms with E-state index in [2.05, 4.69) is 107 Å². The average molecular weight is 753 g/mol. The van der Waals surface area contributed by atoms with Crippen molar-refractivity contribution in [1.29, 1.82) is 0 Å². The van der Waals surface area contributed by atoms with Crippen LogP contribution in [0.4, 0.5) is 0 Å². The fourth-order valence-electron chi connectivity index (χ4n) is 15.8. The van der Waals surface area contributed by atoms with Gasteiger partial charge in [-0.2, -0.15) is 0 Å². The Kier molecular flexibility index (Phi) is 4.15. The molecular weight excluding hydrogens is 709 g/mol. The van der Waals surface area contributed by atoms with E-state index in [1.165, 1.54) is 39.7 Å². The van der Waals surface area contributed by atoms with Gasteiger partial charge >= 0.3 is 0 Å². The second-order valence-electron chi connectivity index (χ2n) is 23.2. The summed E-state index contributed by atoms with van der Waals surface area (Å²) in [6, 6.07) is 19.4. The van der Waals surface area contributed by atoms with Gasteiger partial charge in [0.1, 0.15) is 0 Å². The Morgan fingerprint density at radius 3 is 1.65 bits per heavy atom. The lowest BCUT2D eigenvalue weighted by Gasteiger charge is -2.47. The zero-order chi connectivity index (χ0) is 36.7. The molecule has 0 nitrogen and oxygen atoms in total. The quantitative estimate of drug-likeness (QED) is 0.117. The number of benzene rings is 7. The van der Waals surface area contributed by atoms with Crippen molar-refractivity contribution in [2.45, 2.75) is 88.4 Å². The predicted molar refractivity (Wildman–Crippen MR) is 250 cm³/mol. The summed E-state index contributed by atoms with van der Waals surface area (Å²) in [5, 5.41) is 33.8. The SMILES string of the molecule is C[Si](C)(C)CC1C=C2c3ccc4c5ccc6c7ccc8c9c%10c%11c%12c%13c%14c(c3c4c3c5c6c4c7c8c%10c%13c4c%143)C2(C[Si](C)(C)C)C%12=C1C%11C(C[Si](C)(C)C)C=9. The monoisotopic (exact) mass is 752 g/mol. The maximum absolute atomic E-state index is 2.97. The maximum atomic E-state index is 2.97.